The molecule has 1 heterocycles. The van der Waals surface area contributed by atoms with Crippen molar-refractivity contribution in [1.29, 1.82) is 0 Å². The zero-order valence-electron chi connectivity index (χ0n) is 11.7. The van der Waals surface area contributed by atoms with Crippen molar-refractivity contribution in [1.82, 2.24) is 0 Å². The number of fused-ring (bicyclic) bond motifs is 1. The first-order chi connectivity index (χ1) is 11.0. The number of amides is 2. The number of hydrogen-bond acceptors (Lipinski definition) is 5. The average molecular weight is 313 g/mol. The highest BCUT2D eigenvalue weighted by Crippen LogP contribution is 2.30. The molecule has 0 unspecified atom stereocenters. The van der Waals surface area contributed by atoms with Crippen LogP contribution < -0.4 is 15.4 Å². The topological polar surface area (TPSA) is 111 Å². The Morgan fingerprint density at radius 2 is 1.96 bits per heavy atom. The van der Waals surface area contributed by atoms with Crippen molar-refractivity contribution in [3.63, 3.8) is 0 Å². The van der Waals surface area contributed by atoms with Crippen LogP contribution in [0.25, 0.3) is 0 Å². The molecule has 0 aliphatic carbocycles. The van der Waals surface area contributed by atoms with E-state index in [2.05, 4.69) is 10.6 Å². The van der Waals surface area contributed by atoms with Crippen LogP contribution in [0.1, 0.15) is 10.4 Å². The summed E-state index contributed by atoms with van der Waals surface area (Å²) >= 11 is 0. The third-order valence-electron chi connectivity index (χ3n) is 3.21. The van der Waals surface area contributed by atoms with Gasteiger partial charge in [-0.05, 0) is 24.3 Å². The molecule has 116 valence electrons. The fourth-order valence-corrected chi connectivity index (χ4v) is 2.09. The SMILES string of the molecule is O=C1COc2cc(NC(=O)c3ccc([N+](=O)[O-])cc3)ccc2N1. The van der Waals surface area contributed by atoms with E-state index in [4.69, 9.17) is 4.74 Å². The van der Waals surface area contributed by atoms with Gasteiger partial charge in [-0.3, -0.25) is 19.7 Å². The van der Waals surface area contributed by atoms with E-state index >= 15 is 0 Å². The number of carbonyl (C=O) groups is 2. The summed E-state index contributed by atoms with van der Waals surface area (Å²) in [5, 5.41) is 15.9. The second-order valence-corrected chi connectivity index (χ2v) is 4.81. The summed E-state index contributed by atoms with van der Waals surface area (Å²) in [7, 11) is 0. The lowest BCUT2D eigenvalue weighted by molar-refractivity contribution is -0.384. The van der Waals surface area contributed by atoms with Gasteiger partial charge in [0.15, 0.2) is 6.61 Å². The molecule has 2 amide bonds. The molecule has 0 atom stereocenters. The summed E-state index contributed by atoms with van der Waals surface area (Å²) in [6, 6.07) is 10.1. The standard InChI is InChI=1S/C15H11N3O5/c19-14-8-23-13-7-10(3-6-12(13)17-14)16-15(20)9-1-4-11(5-2-9)18(21)22/h1-7H,8H2,(H,16,20)(H,17,19). The lowest BCUT2D eigenvalue weighted by Gasteiger charge is -2.18. The van der Waals surface area contributed by atoms with E-state index in [1.54, 1.807) is 18.2 Å². The van der Waals surface area contributed by atoms with E-state index in [0.29, 0.717) is 22.7 Å². The van der Waals surface area contributed by atoms with Crippen molar-refractivity contribution >= 4 is 28.9 Å². The maximum Gasteiger partial charge on any atom is 0.269 e. The highest BCUT2D eigenvalue weighted by molar-refractivity contribution is 6.05. The number of ether oxygens (including phenoxy) is 1. The number of non-ortho nitro benzene ring substituents is 1. The Labute approximate surface area is 130 Å². The van der Waals surface area contributed by atoms with Crippen LogP contribution >= 0.6 is 0 Å². The quantitative estimate of drug-likeness (QED) is 0.666. The molecular weight excluding hydrogens is 302 g/mol. The fourth-order valence-electron chi connectivity index (χ4n) is 2.09. The number of nitro groups is 1. The molecule has 3 rings (SSSR count). The van der Waals surface area contributed by atoms with Crippen LogP contribution in [0.3, 0.4) is 0 Å². The summed E-state index contributed by atoms with van der Waals surface area (Å²) in [6.45, 7) is -0.0766. The summed E-state index contributed by atoms with van der Waals surface area (Å²) in [4.78, 5) is 33.4. The zero-order valence-corrected chi connectivity index (χ0v) is 11.7. The Morgan fingerprint density at radius 1 is 1.22 bits per heavy atom. The minimum Gasteiger partial charge on any atom is -0.482 e. The number of nitro benzene ring substituents is 1. The molecule has 0 spiro atoms. The summed E-state index contributed by atoms with van der Waals surface area (Å²) in [5.74, 6) is -0.175. The van der Waals surface area contributed by atoms with Gasteiger partial charge in [-0.1, -0.05) is 0 Å². The molecule has 1 aliphatic heterocycles. The predicted molar refractivity (Wildman–Crippen MR) is 81.6 cm³/mol. The van der Waals surface area contributed by atoms with Crippen LogP contribution in [-0.2, 0) is 4.79 Å². The Morgan fingerprint density at radius 3 is 2.65 bits per heavy atom. The van der Waals surface area contributed by atoms with Crippen LogP contribution in [0.4, 0.5) is 17.1 Å². The van der Waals surface area contributed by atoms with Gasteiger partial charge in [0.25, 0.3) is 17.5 Å². The van der Waals surface area contributed by atoms with Crippen LogP contribution in [0.2, 0.25) is 0 Å². The second kappa shape index (κ2) is 5.76. The van der Waals surface area contributed by atoms with Crippen LogP contribution in [-0.4, -0.2) is 23.3 Å². The van der Waals surface area contributed by atoms with Crippen molar-refractivity contribution in [2.45, 2.75) is 0 Å². The van der Waals surface area contributed by atoms with E-state index in [1.807, 2.05) is 0 Å². The maximum atomic E-state index is 12.1. The van der Waals surface area contributed by atoms with E-state index in [-0.39, 0.29) is 18.2 Å². The molecule has 8 heteroatoms. The number of nitrogens with one attached hydrogen (secondary N) is 2. The van der Waals surface area contributed by atoms with Gasteiger partial charge in [0, 0.05) is 29.4 Å². The summed E-state index contributed by atoms with van der Waals surface area (Å²) in [6.07, 6.45) is 0. The van der Waals surface area contributed by atoms with Gasteiger partial charge in [0.1, 0.15) is 5.75 Å². The predicted octanol–water partition coefficient (Wildman–Crippen LogP) is 2.18. The van der Waals surface area contributed by atoms with Gasteiger partial charge >= 0.3 is 0 Å². The number of carbonyl (C=O) groups excluding carboxylic acids is 2. The van der Waals surface area contributed by atoms with E-state index < -0.39 is 10.8 Å². The maximum absolute atomic E-state index is 12.1. The molecule has 2 N–H and O–H groups in total. The molecular formula is C15H11N3O5. The molecule has 0 saturated heterocycles. The lowest BCUT2D eigenvalue weighted by Crippen LogP contribution is -2.25. The van der Waals surface area contributed by atoms with Gasteiger partial charge in [-0.2, -0.15) is 0 Å². The van der Waals surface area contributed by atoms with Gasteiger partial charge in [0.2, 0.25) is 0 Å². The van der Waals surface area contributed by atoms with Crippen molar-refractivity contribution in [2.75, 3.05) is 17.2 Å². The fraction of sp³-hybridized carbons (Fsp3) is 0.0667. The Kier molecular flexibility index (Phi) is 3.63. The van der Waals surface area contributed by atoms with E-state index in [9.17, 15) is 19.7 Å². The Hall–Kier alpha value is -3.42. The molecule has 8 nitrogen and oxygen atoms in total. The smallest absolute Gasteiger partial charge is 0.269 e. The van der Waals surface area contributed by atoms with Crippen molar-refractivity contribution < 1.29 is 19.2 Å². The number of benzene rings is 2. The number of anilines is 2. The normalized spacial score (nSPS) is 12.6. The summed E-state index contributed by atoms with van der Waals surface area (Å²) < 4.78 is 5.27. The number of hydrogen-bond donors (Lipinski definition) is 2. The molecule has 0 bridgehead atoms. The average Bonchev–Trinajstić information content (AvgIpc) is 2.55. The monoisotopic (exact) mass is 313 g/mol. The van der Waals surface area contributed by atoms with Crippen molar-refractivity contribution in [3.8, 4) is 5.75 Å². The molecule has 2 aromatic rings. The Bertz CT molecular complexity index is 801. The Balaban J connectivity index is 1.75. The molecule has 0 saturated carbocycles. The van der Waals surface area contributed by atoms with E-state index in [0.717, 1.165) is 0 Å². The third kappa shape index (κ3) is 3.10. The zero-order chi connectivity index (χ0) is 16.4. The third-order valence-corrected chi connectivity index (χ3v) is 3.21. The minimum atomic E-state index is -0.531. The molecule has 23 heavy (non-hydrogen) atoms. The molecule has 0 aromatic heterocycles. The van der Waals surface area contributed by atoms with Gasteiger partial charge in [0.05, 0.1) is 10.6 Å². The first-order valence-electron chi connectivity index (χ1n) is 6.65. The number of nitrogens with zero attached hydrogens (tertiary/aromatic N) is 1. The second-order valence-electron chi connectivity index (χ2n) is 4.81. The highest BCUT2D eigenvalue weighted by atomic mass is 16.6. The van der Waals surface area contributed by atoms with Gasteiger partial charge < -0.3 is 15.4 Å². The van der Waals surface area contributed by atoms with Gasteiger partial charge in [-0.25, -0.2) is 0 Å². The summed E-state index contributed by atoms with van der Waals surface area (Å²) in [5.41, 5.74) is 1.24. The number of rotatable bonds is 3. The first-order valence-corrected chi connectivity index (χ1v) is 6.65. The minimum absolute atomic E-state index is 0.0766. The molecule has 0 fully saturated rings. The van der Waals surface area contributed by atoms with Crippen LogP contribution in [0, 0.1) is 10.1 Å². The van der Waals surface area contributed by atoms with Crippen LogP contribution in [0.5, 0.6) is 5.75 Å². The van der Waals surface area contributed by atoms with E-state index in [1.165, 1.54) is 24.3 Å². The first kappa shape index (κ1) is 14.5. The molecule has 0 radical (unpaired) electrons. The largest absolute Gasteiger partial charge is 0.482 e. The highest BCUT2D eigenvalue weighted by Gasteiger charge is 2.17. The van der Waals surface area contributed by atoms with Crippen molar-refractivity contribution in [2.24, 2.45) is 0 Å². The van der Waals surface area contributed by atoms with Gasteiger partial charge in [-0.15, -0.1) is 0 Å². The van der Waals surface area contributed by atoms with Crippen molar-refractivity contribution in [3.05, 3.63) is 58.1 Å². The molecule has 2 aromatic carbocycles. The molecule has 1 aliphatic rings. The lowest BCUT2D eigenvalue weighted by atomic mass is 10.2. The van der Waals surface area contributed by atoms with Crippen LogP contribution in [0.15, 0.2) is 42.5 Å².